The van der Waals surface area contributed by atoms with Crippen molar-refractivity contribution in [3.05, 3.63) is 51.6 Å². The van der Waals surface area contributed by atoms with Crippen molar-refractivity contribution in [1.82, 2.24) is 10.3 Å². The Morgan fingerprint density at radius 2 is 2.24 bits per heavy atom. The minimum atomic E-state index is 0.266. The van der Waals surface area contributed by atoms with E-state index in [9.17, 15) is 0 Å². The maximum absolute atomic E-state index is 5.88. The van der Waals surface area contributed by atoms with Crippen LogP contribution in [0, 0.1) is 12.3 Å². The number of halogens is 1. The zero-order valence-corrected chi connectivity index (χ0v) is 14.3. The topological polar surface area (TPSA) is 38.1 Å². The lowest BCUT2D eigenvalue weighted by Crippen LogP contribution is -2.32. The zero-order valence-electron chi connectivity index (χ0n) is 12.7. The Morgan fingerprint density at radius 3 is 2.95 bits per heavy atom. The SMILES string of the molecule is Cc1cc2c(o1)CC(C)(C)CC2NCc1ccc(Br)cn1. The van der Waals surface area contributed by atoms with Crippen molar-refractivity contribution in [3.8, 4) is 0 Å². The van der Waals surface area contributed by atoms with Gasteiger partial charge in [-0.15, -0.1) is 0 Å². The van der Waals surface area contributed by atoms with Gasteiger partial charge in [-0.2, -0.15) is 0 Å². The monoisotopic (exact) mass is 348 g/mol. The van der Waals surface area contributed by atoms with Gasteiger partial charge in [-0.3, -0.25) is 4.98 Å². The summed E-state index contributed by atoms with van der Waals surface area (Å²) in [5.41, 5.74) is 2.65. The Kier molecular flexibility index (Phi) is 3.93. The minimum absolute atomic E-state index is 0.266. The highest BCUT2D eigenvalue weighted by Gasteiger charge is 2.34. The van der Waals surface area contributed by atoms with Gasteiger partial charge in [0.05, 0.1) is 5.69 Å². The van der Waals surface area contributed by atoms with Gasteiger partial charge in [0.1, 0.15) is 11.5 Å². The van der Waals surface area contributed by atoms with Crippen molar-refractivity contribution in [3.63, 3.8) is 0 Å². The number of fused-ring (bicyclic) bond motifs is 1. The van der Waals surface area contributed by atoms with E-state index in [2.05, 4.69) is 46.1 Å². The second-order valence-corrected chi connectivity index (χ2v) is 7.60. The smallest absolute Gasteiger partial charge is 0.109 e. The maximum Gasteiger partial charge on any atom is 0.109 e. The number of nitrogens with zero attached hydrogens (tertiary/aromatic N) is 1. The summed E-state index contributed by atoms with van der Waals surface area (Å²) in [4.78, 5) is 4.43. The third-order valence-corrected chi connectivity index (χ3v) is 4.52. The van der Waals surface area contributed by atoms with Crippen LogP contribution in [0.5, 0.6) is 0 Å². The summed E-state index contributed by atoms with van der Waals surface area (Å²) in [7, 11) is 0. The van der Waals surface area contributed by atoms with Gasteiger partial charge in [-0.1, -0.05) is 13.8 Å². The molecule has 1 aliphatic rings. The van der Waals surface area contributed by atoms with E-state index in [-0.39, 0.29) is 5.41 Å². The fourth-order valence-electron chi connectivity index (χ4n) is 3.11. The van der Waals surface area contributed by atoms with E-state index in [1.807, 2.05) is 25.3 Å². The summed E-state index contributed by atoms with van der Waals surface area (Å²) < 4.78 is 6.89. The van der Waals surface area contributed by atoms with Crippen LogP contribution in [-0.4, -0.2) is 4.98 Å². The number of rotatable bonds is 3. The molecule has 3 rings (SSSR count). The Balaban J connectivity index is 1.76. The van der Waals surface area contributed by atoms with E-state index in [1.54, 1.807) is 0 Å². The maximum atomic E-state index is 5.88. The van der Waals surface area contributed by atoms with Gasteiger partial charge in [-0.25, -0.2) is 0 Å². The summed E-state index contributed by atoms with van der Waals surface area (Å²) in [6, 6.07) is 6.60. The van der Waals surface area contributed by atoms with Crippen LogP contribution in [0.15, 0.2) is 33.3 Å². The molecule has 3 nitrogen and oxygen atoms in total. The van der Waals surface area contributed by atoms with Gasteiger partial charge < -0.3 is 9.73 Å². The highest BCUT2D eigenvalue weighted by Crippen LogP contribution is 2.42. The first-order valence-electron chi connectivity index (χ1n) is 7.36. The van der Waals surface area contributed by atoms with Crippen LogP contribution in [0.25, 0.3) is 0 Å². The van der Waals surface area contributed by atoms with Crippen molar-refractivity contribution in [1.29, 1.82) is 0 Å². The summed E-state index contributed by atoms with van der Waals surface area (Å²) in [6.07, 6.45) is 3.98. The van der Waals surface area contributed by atoms with Crippen molar-refractivity contribution in [2.75, 3.05) is 0 Å². The lowest BCUT2D eigenvalue weighted by atomic mass is 9.74. The second kappa shape index (κ2) is 5.58. The first kappa shape index (κ1) is 14.8. The molecule has 0 aliphatic heterocycles. The molecule has 0 radical (unpaired) electrons. The molecule has 0 bridgehead atoms. The van der Waals surface area contributed by atoms with Crippen molar-refractivity contribution < 1.29 is 4.42 Å². The molecule has 21 heavy (non-hydrogen) atoms. The molecule has 1 aliphatic carbocycles. The van der Waals surface area contributed by atoms with Crippen LogP contribution >= 0.6 is 15.9 Å². The molecule has 0 saturated heterocycles. The van der Waals surface area contributed by atoms with Gasteiger partial charge in [0.25, 0.3) is 0 Å². The normalized spacial score (nSPS) is 20.3. The second-order valence-electron chi connectivity index (χ2n) is 6.68. The van der Waals surface area contributed by atoms with Crippen LogP contribution in [0.4, 0.5) is 0 Å². The number of hydrogen-bond donors (Lipinski definition) is 1. The van der Waals surface area contributed by atoms with Gasteiger partial charge in [-0.05, 0) is 52.9 Å². The summed E-state index contributed by atoms with van der Waals surface area (Å²) in [5, 5.41) is 3.64. The molecule has 2 aromatic heterocycles. The van der Waals surface area contributed by atoms with Gasteiger partial charge >= 0.3 is 0 Å². The van der Waals surface area contributed by atoms with E-state index in [4.69, 9.17) is 4.42 Å². The van der Waals surface area contributed by atoms with Crippen LogP contribution in [-0.2, 0) is 13.0 Å². The average molecular weight is 349 g/mol. The Hall–Kier alpha value is -1.13. The van der Waals surface area contributed by atoms with E-state index < -0.39 is 0 Å². The molecule has 0 spiro atoms. The number of hydrogen-bond acceptors (Lipinski definition) is 3. The van der Waals surface area contributed by atoms with Gasteiger partial charge in [0.2, 0.25) is 0 Å². The van der Waals surface area contributed by atoms with E-state index in [1.165, 1.54) is 5.56 Å². The molecule has 4 heteroatoms. The Morgan fingerprint density at radius 1 is 1.43 bits per heavy atom. The number of aromatic nitrogens is 1. The fourth-order valence-corrected chi connectivity index (χ4v) is 3.34. The first-order valence-corrected chi connectivity index (χ1v) is 8.15. The lowest BCUT2D eigenvalue weighted by molar-refractivity contribution is 0.233. The summed E-state index contributed by atoms with van der Waals surface area (Å²) >= 11 is 3.42. The largest absolute Gasteiger partial charge is 0.466 e. The predicted octanol–water partition coefficient (Wildman–Crippen LogP) is 4.55. The third kappa shape index (κ3) is 3.38. The quantitative estimate of drug-likeness (QED) is 0.884. The molecular weight excluding hydrogens is 328 g/mol. The van der Waals surface area contributed by atoms with Crippen molar-refractivity contribution >= 4 is 15.9 Å². The van der Waals surface area contributed by atoms with Crippen LogP contribution in [0.1, 0.15) is 49.1 Å². The number of aryl methyl sites for hydroxylation is 1. The fraction of sp³-hybridized carbons (Fsp3) is 0.471. The van der Waals surface area contributed by atoms with Crippen LogP contribution < -0.4 is 5.32 Å². The number of pyridine rings is 1. The molecule has 1 N–H and O–H groups in total. The van der Waals surface area contributed by atoms with Gasteiger partial charge in [0.15, 0.2) is 0 Å². The molecule has 1 atom stereocenters. The molecular formula is C17H21BrN2O. The van der Waals surface area contributed by atoms with E-state index in [0.717, 1.165) is 41.1 Å². The molecule has 0 fully saturated rings. The first-order chi connectivity index (χ1) is 9.93. The zero-order chi connectivity index (χ0) is 15.0. The highest BCUT2D eigenvalue weighted by atomic mass is 79.9. The Labute approximate surface area is 134 Å². The summed E-state index contributed by atoms with van der Waals surface area (Å²) in [6.45, 7) is 7.41. The number of nitrogens with one attached hydrogen (secondary N) is 1. The van der Waals surface area contributed by atoms with E-state index in [0.29, 0.717) is 6.04 Å². The predicted molar refractivity (Wildman–Crippen MR) is 87.1 cm³/mol. The molecule has 0 amide bonds. The Bertz CT molecular complexity index is 631. The molecule has 0 saturated carbocycles. The standard InChI is InChI=1S/C17H21BrN2O/c1-11-6-14-15(7-17(2,3)8-16(14)21-11)20-10-13-5-4-12(18)9-19-13/h4-6,9,15,20H,7-8,10H2,1-3H3. The molecule has 112 valence electrons. The van der Waals surface area contributed by atoms with E-state index >= 15 is 0 Å². The molecule has 1 unspecified atom stereocenters. The van der Waals surface area contributed by atoms with Crippen molar-refractivity contribution in [2.45, 2.75) is 46.2 Å². The summed E-state index contributed by atoms with van der Waals surface area (Å²) in [5.74, 6) is 2.15. The lowest BCUT2D eigenvalue weighted by Gasteiger charge is -2.34. The highest BCUT2D eigenvalue weighted by molar-refractivity contribution is 9.10. The third-order valence-electron chi connectivity index (χ3n) is 4.05. The van der Waals surface area contributed by atoms with Crippen LogP contribution in [0.3, 0.4) is 0 Å². The van der Waals surface area contributed by atoms with Crippen molar-refractivity contribution in [2.24, 2.45) is 5.41 Å². The molecule has 2 heterocycles. The number of furan rings is 1. The minimum Gasteiger partial charge on any atom is -0.466 e. The molecule has 2 aromatic rings. The van der Waals surface area contributed by atoms with Gasteiger partial charge in [0, 0.05) is 35.2 Å². The molecule has 0 aromatic carbocycles. The van der Waals surface area contributed by atoms with Crippen LogP contribution in [0.2, 0.25) is 0 Å². The average Bonchev–Trinajstić information content (AvgIpc) is 2.76.